The van der Waals surface area contributed by atoms with Crippen LogP contribution < -0.4 is 10.2 Å². The minimum Gasteiger partial charge on any atom is -0.371 e. The summed E-state index contributed by atoms with van der Waals surface area (Å²) in [5.41, 5.74) is 1.71. The lowest BCUT2D eigenvalue weighted by molar-refractivity contribution is -0.130. The van der Waals surface area contributed by atoms with Gasteiger partial charge >= 0.3 is 6.03 Å². The van der Waals surface area contributed by atoms with Crippen molar-refractivity contribution in [3.05, 3.63) is 28.8 Å². The summed E-state index contributed by atoms with van der Waals surface area (Å²) in [5.74, 6) is -0.145. The second-order valence-electron chi connectivity index (χ2n) is 6.73. The third kappa shape index (κ3) is 3.15. The second-order valence-corrected chi connectivity index (χ2v) is 7.17. The van der Waals surface area contributed by atoms with Crippen molar-refractivity contribution in [3.63, 3.8) is 0 Å². The van der Waals surface area contributed by atoms with Crippen LogP contribution in [0.4, 0.5) is 10.5 Å². The van der Waals surface area contributed by atoms with E-state index in [1.807, 2.05) is 12.1 Å². The van der Waals surface area contributed by atoms with Gasteiger partial charge in [-0.2, -0.15) is 0 Å². The van der Waals surface area contributed by atoms with Crippen molar-refractivity contribution in [2.75, 3.05) is 24.5 Å². The Balaban J connectivity index is 1.60. The van der Waals surface area contributed by atoms with Crippen molar-refractivity contribution in [2.24, 2.45) is 0 Å². The number of amides is 3. The number of urea groups is 1. The highest BCUT2D eigenvalue weighted by Crippen LogP contribution is 2.29. The van der Waals surface area contributed by atoms with Gasteiger partial charge in [0.1, 0.15) is 5.54 Å². The van der Waals surface area contributed by atoms with Gasteiger partial charge in [0.05, 0.1) is 0 Å². The predicted molar refractivity (Wildman–Crippen MR) is 90.9 cm³/mol. The van der Waals surface area contributed by atoms with Gasteiger partial charge in [0.15, 0.2) is 0 Å². The van der Waals surface area contributed by atoms with Crippen LogP contribution >= 0.6 is 11.6 Å². The molecular weight excluding hydrogens is 314 g/mol. The van der Waals surface area contributed by atoms with Gasteiger partial charge in [0.2, 0.25) is 0 Å². The molecule has 0 aromatic heterocycles. The quantitative estimate of drug-likeness (QED) is 0.861. The van der Waals surface area contributed by atoms with E-state index in [2.05, 4.69) is 16.3 Å². The Hall–Kier alpha value is -1.75. The SMILES string of the molecule is CC1(C)NC(=O)N(CCCN2CCCc3cc(Cl)ccc32)C1=O. The van der Waals surface area contributed by atoms with E-state index in [0.717, 1.165) is 37.4 Å². The van der Waals surface area contributed by atoms with Crippen LogP contribution in [0.25, 0.3) is 0 Å². The third-order valence-electron chi connectivity index (χ3n) is 4.51. The van der Waals surface area contributed by atoms with Crippen molar-refractivity contribution in [1.29, 1.82) is 0 Å². The van der Waals surface area contributed by atoms with Crippen molar-refractivity contribution in [2.45, 2.75) is 38.6 Å². The lowest BCUT2D eigenvalue weighted by Crippen LogP contribution is -2.40. The number of hydrogen-bond acceptors (Lipinski definition) is 3. The van der Waals surface area contributed by atoms with E-state index in [-0.39, 0.29) is 11.9 Å². The molecule has 2 heterocycles. The number of imide groups is 1. The van der Waals surface area contributed by atoms with E-state index in [1.54, 1.807) is 13.8 Å². The van der Waals surface area contributed by atoms with Gasteiger partial charge in [-0.1, -0.05) is 11.6 Å². The molecule has 0 aliphatic carbocycles. The summed E-state index contributed by atoms with van der Waals surface area (Å²) in [7, 11) is 0. The Labute approximate surface area is 141 Å². The molecule has 0 atom stereocenters. The number of fused-ring (bicyclic) bond motifs is 1. The fourth-order valence-electron chi connectivity index (χ4n) is 3.32. The number of anilines is 1. The average Bonchev–Trinajstić information content (AvgIpc) is 2.68. The van der Waals surface area contributed by atoms with Gasteiger partial charge in [-0.3, -0.25) is 9.69 Å². The lowest BCUT2D eigenvalue weighted by atomic mass is 10.0. The Bertz CT molecular complexity index is 645. The summed E-state index contributed by atoms with van der Waals surface area (Å²) >= 11 is 6.07. The first-order valence-electron chi connectivity index (χ1n) is 8.06. The van der Waals surface area contributed by atoms with Crippen molar-refractivity contribution < 1.29 is 9.59 Å². The lowest BCUT2D eigenvalue weighted by Gasteiger charge is -2.31. The third-order valence-corrected chi connectivity index (χ3v) is 4.75. The van der Waals surface area contributed by atoms with Crippen LogP contribution in [-0.2, 0) is 11.2 Å². The molecular formula is C17H22ClN3O2. The van der Waals surface area contributed by atoms with E-state index in [1.165, 1.54) is 16.2 Å². The Morgan fingerprint density at radius 1 is 1.26 bits per heavy atom. The van der Waals surface area contributed by atoms with Gasteiger partial charge in [-0.15, -0.1) is 0 Å². The van der Waals surface area contributed by atoms with E-state index in [4.69, 9.17) is 11.6 Å². The van der Waals surface area contributed by atoms with E-state index in [0.29, 0.717) is 6.54 Å². The molecule has 1 N–H and O–H groups in total. The fraction of sp³-hybridized carbons (Fsp3) is 0.529. The highest BCUT2D eigenvalue weighted by Gasteiger charge is 2.43. The average molecular weight is 336 g/mol. The van der Waals surface area contributed by atoms with E-state index < -0.39 is 5.54 Å². The number of hydrogen-bond donors (Lipinski definition) is 1. The maximum atomic E-state index is 12.2. The smallest absolute Gasteiger partial charge is 0.325 e. The van der Waals surface area contributed by atoms with Gasteiger partial charge in [0, 0.05) is 30.3 Å². The molecule has 0 saturated carbocycles. The molecule has 3 amide bonds. The molecule has 1 aromatic rings. The van der Waals surface area contributed by atoms with Crippen LogP contribution in [-0.4, -0.2) is 42.0 Å². The number of rotatable bonds is 4. The Morgan fingerprint density at radius 2 is 2.04 bits per heavy atom. The largest absolute Gasteiger partial charge is 0.371 e. The first kappa shape index (κ1) is 16.1. The molecule has 6 heteroatoms. The number of nitrogens with one attached hydrogen (secondary N) is 1. The zero-order valence-electron chi connectivity index (χ0n) is 13.6. The van der Waals surface area contributed by atoms with Crippen LogP contribution in [0.5, 0.6) is 0 Å². The zero-order valence-corrected chi connectivity index (χ0v) is 14.3. The number of carbonyl (C=O) groups excluding carboxylic acids is 2. The summed E-state index contributed by atoms with van der Waals surface area (Å²) in [4.78, 5) is 27.7. The van der Waals surface area contributed by atoms with Crippen molar-refractivity contribution in [1.82, 2.24) is 10.2 Å². The van der Waals surface area contributed by atoms with Crippen LogP contribution in [0.1, 0.15) is 32.3 Å². The summed E-state index contributed by atoms with van der Waals surface area (Å²) in [6.45, 7) is 5.75. The van der Waals surface area contributed by atoms with Crippen LogP contribution in [0.2, 0.25) is 5.02 Å². The standard InChI is InChI=1S/C17H22ClN3O2/c1-17(2)15(22)21(16(23)19-17)10-4-9-20-8-3-5-12-11-13(18)6-7-14(12)20/h6-7,11H,3-5,8-10H2,1-2H3,(H,19,23). The fourth-order valence-corrected chi connectivity index (χ4v) is 3.51. The molecule has 1 aromatic carbocycles. The number of nitrogens with zero attached hydrogens (tertiary/aromatic N) is 2. The number of carbonyl (C=O) groups is 2. The Morgan fingerprint density at radius 3 is 2.74 bits per heavy atom. The van der Waals surface area contributed by atoms with Crippen molar-refractivity contribution in [3.8, 4) is 0 Å². The maximum Gasteiger partial charge on any atom is 0.325 e. The monoisotopic (exact) mass is 335 g/mol. The molecule has 23 heavy (non-hydrogen) atoms. The first-order valence-corrected chi connectivity index (χ1v) is 8.44. The number of benzene rings is 1. The van der Waals surface area contributed by atoms with E-state index >= 15 is 0 Å². The molecule has 2 aliphatic heterocycles. The highest BCUT2D eigenvalue weighted by molar-refractivity contribution is 6.30. The molecule has 0 unspecified atom stereocenters. The van der Waals surface area contributed by atoms with Gasteiger partial charge in [-0.05, 0) is 56.9 Å². The molecule has 0 bridgehead atoms. The van der Waals surface area contributed by atoms with Crippen LogP contribution in [0, 0.1) is 0 Å². The van der Waals surface area contributed by atoms with Gasteiger partial charge in [-0.25, -0.2) is 4.79 Å². The second kappa shape index (κ2) is 6.04. The summed E-state index contributed by atoms with van der Waals surface area (Å²) < 4.78 is 0. The first-order chi connectivity index (χ1) is 10.9. The zero-order chi connectivity index (χ0) is 16.6. The number of aryl methyl sites for hydroxylation is 1. The summed E-state index contributed by atoms with van der Waals surface area (Å²) in [6, 6.07) is 5.72. The van der Waals surface area contributed by atoms with E-state index in [9.17, 15) is 9.59 Å². The molecule has 0 radical (unpaired) electrons. The summed E-state index contributed by atoms with van der Waals surface area (Å²) in [6.07, 6.45) is 2.91. The number of halogens is 1. The van der Waals surface area contributed by atoms with Crippen LogP contribution in [0.15, 0.2) is 18.2 Å². The van der Waals surface area contributed by atoms with Crippen LogP contribution in [0.3, 0.4) is 0 Å². The molecule has 1 fully saturated rings. The van der Waals surface area contributed by atoms with Gasteiger partial charge in [0.25, 0.3) is 5.91 Å². The highest BCUT2D eigenvalue weighted by atomic mass is 35.5. The van der Waals surface area contributed by atoms with Crippen molar-refractivity contribution >= 4 is 29.2 Å². The predicted octanol–water partition coefficient (Wildman–Crippen LogP) is 2.81. The molecule has 0 spiro atoms. The molecule has 124 valence electrons. The molecule has 5 nitrogen and oxygen atoms in total. The normalized spacial score (nSPS) is 19.8. The molecule has 1 saturated heterocycles. The minimum atomic E-state index is -0.786. The Kier molecular flexibility index (Phi) is 4.23. The summed E-state index contributed by atoms with van der Waals surface area (Å²) in [5, 5.41) is 3.48. The topological polar surface area (TPSA) is 52.7 Å². The molecule has 3 rings (SSSR count). The van der Waals surface area contributed by atoms with Gasteiger partial charge < -0.3 is 10.2 Å². The maximum absolute atomic E-state index is 12.2. The molecule has 2 aliphatic rings. The minimum absolute atomic E-state index is 0.145.